The molecule has 1 N–H and O–H groups in total. The maximum Gasteiger partial charge on any atom is 0.184 e. The molecule has 100 valence electrons. The van der Waals surface area contributed by atoms with Gasteiger partial charge in [0.05, 0.1) is 6.54 Å². The first-order valence-electron chi connectivity index (χ1n) is 6.75. The summed E-state index contributed by atoms with van der Waals surface area (Å²) in [5.74, 6) is 0.789. The van der Waals surface area contributed by atoms with Gasteiger partial charge < -0.3 is 5.32 Å². The lowest BCUT2D eigenvalue weighted by molar-refractivity contribution is 0.664. The van der Waals surface area contributed by atoms with Crippen molar-refractivity contribution in [2.24, 2.45) is 0 Å². The Balaban J connectivity index is 1.70. The minimum Gasteiger partial charge on any atom is -0.365 e. The average molecular weight is 266 g/mol. The van der Waals surface area contributed by atoms with Crippen LogP contribution in [0.2, 0.25) is 0 Å². The first kappa shape index (κ1) is 11.3. The summed E-state index contributed by atoms with van der Waals surface area (Å²) >= 11 is 0. The van der Waals surface area contributed by atoms with Crippen LogP contribution in [0, 0.1) is 0 Å². The number of hydrogen-bond acceptors (Lipinski definition) is 5. The van der Waals surface area contributed by atoms with E-state index in [0.29, 0.717) is 12.6 Å². The van der Waals surface area contributed by atoms with Crippen LogP contribution in [-0.2, 0) is 6.54 Å². The zero-order chi connectivity index (χ0) is 13.4. The summed E-state index contributed by atoms with van der Waals surface area (Å²) in [4.78, 5) is 8.58. The van der Waals surface area contributed by atoms with E-state index in [9.17, 15) is 0 Å². The van der Waals surface area contributed by atoms with Crippen molar-refractivity contribution in [1.29, 1.82) is 0 Å². The highest BCUT2D eigenvalue weighted by Gasteiger charge is 2.23. The predicted molar refractivity (Wildman–Crippen MR) is 75.3 cm³/mol. The summed E-state index contributed by atoms with van der Waals surface area (Å²) in [6.45, 7) is 0.664. The summed E-state index contributed by atoms with van der Waals surface area (Å²) in [6.07, 6.45) is 3.96. The lowest BCUT2D eigenvalue weighted by atomic mass is 10.2. The first-order valence-corrected chi connectivity index (χ1v) is 6.75. The van der Waals surface area contributed by atoms with Gasteiger partial charge in [-0.1, -0.05) is 35.5 Å². The van der Waals surface area contributed by atoms with Crippen molar-refractivity contribution in [3.05, 3.63) is 42.2 Å². The summed E-state index contributed by atoms with van der Waals surface area (Å²) < 4.78 is 1.81. The van der Waals surface area contributed by atoms with Crippen molar-refractivity contribution in [2.45, 2.75) is 25.4 Å². The number of anilines is 1. The molecule has 0 bridgehead atoms. The molecule has 0 atom stereocenters. The van der Waals surface area contributed by atoms with Crippen LogP contribution in [-0.4, -0.2) is 31.0 Å². The third-order valence-corrected chi connectivity index (χ3v) is 3.39. The van der Waals surface area contributed by atoms with Crippen LogP contribution >= 0.6 is 0 Å². The number of aromatic nitrogens is 5. The number of nitrogens with one attached hydrogen (secondary N) is 1. The van der Waals surface area contributed by atoms with Crippen LogP contribution in [0.25, 0.3) is 11.2 Å². The monoisotopic (exact) mass is 266 g/mol. The molecule has 6 nitrogen and oxygen atoms in total. The predicted octanol–water partition coefficient (Wildman–Crippen LogP) is 1.84. The molecule has 6 heteroatoms. The fourth-order valence-corrected chi connectivity index (χ4v) is 2.18. The van der Waals surface area contributed by atoms with Gasteiger partial charge in [-0.15, -0.1) is 5.10 Å². The topological polar surface area (TPSA) is 68.5 Å². The smallest absolute Gasteiger partial charge is 0.184 e. The largest absolute Gasteiger partial charge is 0.365 e. The third-order valence-electron chi connectivity index (χ3n) is 3.39. The Labute approximate surface area is 115 Å². The van der Waals surface area contributed by atoms with Crippen LogP contribution in [0.15, 0.2) is 36.7 Å². The molecule has 0 aliphatic heterocycles. The molecule has 1 aliphatic rings. The molecule has 20 heavy (non-hydrogen) atoms. The van der Waals surface area contributed by atoms with Crippen molar-refractivity contribution < 1.29 is 0 Å². The molecule has 0 unspecified atom stereocenters. The molecular weight excluding hydrogens is 252 g/mol. The molecule has 1 fully saturated rings. The van der Waals surface area contributed by atoms with Crippen molar-refractivity contribution in [1.82, 2.24) is 25.0 Å². The second kappa shape index (κ2) is 4.56. The zero-order valence-corrected chi connectivity index (χ0v) is 10.9. The molecule has 0 saturated heterocycles. The molecule has 0 radical (unpaired) electrons. The van der Waals surface area contributed by atoms with E-state index in [2.05, 4.69) is 37.7 Å². The van der Waals surface area contributed by atoms with Gasteiger partial charge in [0.2, 0.25) is 0 Å². The fourth-order valence-electron chi connectivity index (χ4n) is 2.18. The Hall–Kier alpha value is -2.50. The second-order valence-electron chi connectivity index (χ2n) is 5.05. The third kappa shape index (κ3) is 2.09. The molecule has 1 aliphatic carbocycles. The Morgan fingerprint density at radius 1 is 1.15 bits per heavy atom. The van der Waals surface area contributed by atoms with E-state index in [-0.39, 0.29) is 0 Å². The van der Waals surface area contributed by atoms with Crippen LogP contribution in [0.5, 0.6) is 0 Å². The van der Waals surface area contributed by atoms with E-state index in [0.717, 1.165) is 17.0 Å². The average Bonchev–Trinajstić information content (AvgIpc) is 3.21. The van der Waals surface area contributed by atoms with E-state index in [4.69, 9.17) is 0 Å². The van der Waals surface area contributed by atoms with Gasteiger partial charge in [0.1, 0.15) is 6.33 Å². The summed E-state index contributed by atoms with van der Waals surface area (Å²) in [5.41, 5.74) is 2.69. The SMILES string of the molecule is c1ccc(Cn2nnc3c(NC4CC4)ncnc32)cc1. The van der Waals surface area contributed by atoms with Gasteiger partial charge >= 0.3 is 0 Å². The Morgan fingerprint density at radius 3 is 2.80 bits per heavy atom. The quantitative estimate of drug-likeness (QED) is 0.780. The highest BCUT2D eigenvalue weighted by Crippen LogP contribution is 2.26. The fraction of sp³-hybridized carbons (Fsp3) is 0.286. The molecule has 2 aromatic heterocycles. The van der Waals surface area contributed by atoms with E-state index < -0.39 is 0 Å². The van der Waals surface area contributed by atoms with Crippen LogP contribution in [0.4, 0.5) is 5.82 Å². The second-order valence-corrected chi connectivity index (χ2v) is 5.05. The van der Waals surface area contributed by atoms with Gasteiger partial charge in [-0.25, -0.2) is 14.6 Å². The molecular formula is C14H14N6. The van der Waals surface area contributed by atoms with Gasteiger partial charge in [0.15, 0.2) is 17.0 Å². The maximum absolute atomic E-state index is 4.31. The number of rotatable bonds is 4. The number of nitrogens with zero attached hydrogens (tertiary/aromatic N) is 5. The lowest BCUT2D eigenvalue weighted by Crippen LogP contribution is -2.05. The van der Waals surface area contributed by atoms with Gasteiger partial charge in [0, 0.05) is 6.04 Å². The normalized spacial score (nSPS) is 14.6. The molecule has 1 saturated carbocycles. The van der Waals surface area contributed by atoms with Crippen LogP contribution < -0.4 is 5.32 Å². The zero-order valence-electron chi connectivity index (χ0n) is 10.9. The number of fused-ring (bicyclic) bond motifs is 1. The minimum atomic E-state index is 0.535. The van der Waals surface area contributed by atoms with E-state index in [1.54, 1.807) is 6.33 Å². The van der Waals surface area contributed by atoms with Crippen molar-refractivity contribution in [3.8, 4) is 0 Å². The highest BCUT2D eigenvalue weighted by molar-refractivity contribution is 5.82. The van der Waals surface area contributed by atoms with E-state index >= 15 is 0 Å². The Bertz CT molecular complexity index is 732. The Kier molecular flexibility index (Phi) is 2.58. The van der Waals surface area contributed by atoms with Crippen molar-refractivity contribution >= 4 is 17.0 Å². The van der Waals surface area contributed by atoms with Crippen LogP contribution in [0.3, 0.4) is 0 Å². The minimum absolute atomic E-state index is 0.535. The molecule has 0 spiro atoms. The summed E-state index contributed by atoms with van der Waals surface area (Å²) in [7, 11) is 0. The number of benzene rings is 1. The molecule has 1 aromatic carbocycles. The van der Waals surface area contributed by atoms with Crippen molar-refractivity contribution in [2.75, 3.05) is 5.32 Å². The first-order chi connectivity index (χ1) is 9.90. The van der Waals surface area contributed by atoms with Gasteiger partial charge in [0.25, 0.3) is 0 Å². The van der Waals surface area contributed by atoms with E-state index in [1.807, 2.05) is 22.9 Å². The lowest BCUT2D eigenvalue weighted by Gasteiger charge is -2.04. The van der Waals surface area contributed by atoms with Crippen molar-refractivity contribution in [3.63, 3.8) is 0 Å². The van der Waals surface area contributed by atoms with Gasteiger partial charge in [-0.2, -0.15) is 0 Å². The molecule has 4 rings (SSSR count). The number of hydrogen-bond donors (Lipinski definition) is 1. The van der Waals surface area contributed by atoms with E-state index in [1.165, 1.54) is 18.4 Å². The maximum atomic E-state index is 4.31. The Morgan fingerprint density at radius 2 is 2.00 bits per heavy atom. The standard InChI is InChI=1S/C14H14N6/c1-2-4-10(5-3-1)8-20-14-12(18-19-20)13(15-9-16-14)17-11-6-7-11/h1-5,9,11H,6-8H2,(H,15,16,17). The van der Waals surface area contributed by atoms with Gasteiger partial charge in [-0.05, 0) is 18.4 Å². The molecule has 2 heterocycles. The van der Waals surface area contributed by atoms with Crippen LogP contribution in [0.1, 0.15) is 18.4 Å². The molecule has 3 aromatic rings. The highest BCUT2D eigenvalue weighted by atomic mass is 15.4. The summed E-state index contributed by atoms with van der Waals surface area (Å²) in [6, 6.07) is 10.7. The summed E-state index contributed by atoms with van der Waals surface area (Å²) in [5, 5.41) is 11.8. The van der Waals surface area contributed by atoms with Gasteiger partial charge in [-0.3, -0.25) is 0 Å². The molecule has 0 amide bonds.